The summed E-state index contributed by atoms with van der Waals surface area (Å²) in [4.78, 5) is 13.7. The number of rotatable bonds is 10. The molecule has 0 aliphatic rings. The van der Waals surface area contributed by atoms with E-state index < -0.39 is 0 Å². The Morgan fingerprint density at radius 1 is 1.19 bits per heavy atom. The number of hydrogen-bond donors (Lipinski definition) is 2. The van der Waals surface area contributed by atoms with Gasteiger partial charge in [0.25, 0.3) is 0 Å². The predicted octanol–water partition coefficient (Wildman–Crippen LogP) is 1.24. The molecule has 0 atom stereocenters. The van der Waals surface area contributed by atoms with Crippen LogP contribution in [0.15, 0.2) is 24.3 Å². The molecule has 21 heavy (non-hydrogen) atoms. The van der Waals surface area contributed by atoms with E-state index in [9.17, 15) is 4.79 Å². The monoisotopic (exact) mass is 293 g/mol. The minimum atomic E-state index is -0.00273. The standard InChI is InChI=1S/C16H27N3O2/c1-4-19(5-2)10-11-21-15-8-6-14(7-9-15)12-18-16(20)13-17-3/h6-9,17H,4-5,10-13H2,1-3H3,(H,18,20). The molecular formula is C16H27N3O2. The number of hydrogen-bond acceptors (Lipinski definition) is 4. The van der Waals surface area contributed by atoms with Crippen LogP contribution < -0.4 is 15.4 Å². The molecule has 1 aromatic rings. The summed E-state index contributed by atoms with van der Waals surface area (Å²) in [7, 11) is 1.75. The van der Waals surface area contributed by atoms with E-state index in [4.69, 9.17) is 4.74 Å². The number of nitrogens with zero attached hydrogens (tertiary/aromatic N) is 1. The molecule has 118 valence electrons. The van der Waals surface area contributed by atoms with Crippen molar-refractivity contribution in [3.8, 4) is 5.75 Å². The van der Waals surface area contributed by atoms with Crippen molar-refractivity contribution in [1.82, 2.24) is 15.5 Å². The molecule has 0 fully saturated rings. The number of ether oxygens (including phenoxy) is 1. The van der Waals surface area contributed by atoms with Crippen molar-refractivity contribution in [2.45, 2.75) is 20.4 Å². The molecule has 0 aliphatic carbocycles. The Morgan fingerprint density at radius 3 is 2.43 bits per heavy atom. The molecule has 1 amide bonds. The Balaban J connectivity index is 2.31. The normalized spacial score (nSPS) is 10.7. The summed E-state index contributed by atoms with van der Waals surface area (Å²) >= 11 is 0. The van der Waals surface area contributed by atoms with Gasteiger partial charge >= 0.3 is 0 Å². The fraction of sp³-hybridized carbons (Fsp3) is 0.562. The minimum Gasteiger partial charge on any atom is -0.492 e. The maximum absolute atomic E-state index is 11.3. The Bertz CT molecular complexity index is 402. The lowest BCUT2D eigenvalue weighted by atomic mass is 10.2. The van der Waals surface area contributed by atoms with Gasteiger partial charge in [-0.3, -0.25) is 4.79 Å². The van der Waals surface area contributed by atoms with Crippen LogP contribution in [0.1, 0.15) is 19.4 Å². The summed E-state index contributed by atoms with van der Waals surface area (Å²) in [5, 5.41) is 5.66. The van der Waals surface area contributed by atoms with Crippen LogP contribution >= 0.6 is 0 Å². The quantitative estimate of drug-likeness (QED) is 0.681. The zero-order valence-corrected chi connectivity index (χ0v) is 13.3. The third-order valence-corrected chi connectivity index (χ3v) is 3.32. The van der Waals surface area contributed by atoms with Crippen molar-refractivity contribution in [3.05, 3.63) is 29.8 Å². The van der Waals surface area contributed by atoms with E-state index >= 15 is 0 Å². The van der Waals surface area contributed by atoms with Gasteiger partial charge in [0.1, 0.15) is 12.4 Å². The molecule has 0 radical (unpaired) electrons. The molecule has 0 spiro atoms. The number of likely N-dealkylation sites (N-methyl/N-ethyl adjacent to an activating group) is 2. The highest BCUT2D eigenvalue weighted by atomic mass is 16.5. The highest BCUT2D eigenvalue weighted by molar-refractivity contribution is 5.77. The fourth-order valence-electron chi connectivity index (χ4n) is 1.96. The summed E-state index contributed by atoms with van der Waals surface area (Å²) < 4.78 is 5.72. The molecule has 2 N–H and O–H groups in total. The average Bonchev–Trinajstić information content (AvgIpc) is 2.51. The van der Waals surface area contributed by atoms with E-state index in [0.717, 1.165) is 30.9 Å². The molecule has 5 heteroatoms. The molecular weight excluding hydrogens is 266 g/mol. The first-order chi connectivity index (χ1) is 10.2. The molecule has 0 heterocycles. The molecule has 0 aromatic heterocycles. The third kappa shape index (κ3) is 7.11. The predicted molar refractivity (Wildman–Crippen MR) is 85.5 cm³/mol. The first-order valence-electron chi connectivity index (χ1n) is 7.55. The molecule has 5 nitrogen and oxygen atoms in total. The van der Waals surface area contributed by atoms with Gasteiger partial charge in [0.15, 0.2) is 0 Å². The molecule has 1 aromatic carbocycles. The van der Waals surface area contributed by atoms with Gasteiger partial charge in [0.05, 0.1) is 6.54 Å². The lowest BCUT2D eigenvalue weighted by molar-refractivity contribution is -0.120. The SMILES string of the molecule is CCN(CC)CCOc1ccc(CNC(=O)CNC)cc1. The van der Waals surface area contributed by atoms with E-state index in [2.05, 4.69) is 29.4 Å². The summed E-state index contributed by atoms with van der Waals surface area (Å²) in [5.41, 5.74) is 1.07. The maximum Gasteiger partial charge on any atom is 0.234 e. The number of nitrogens with one attached hydrogen (secondary N) is 2. The number of benzene rings is 1. The van der Waals surface area contributed by atoms with Crippen LogP contribution in [-0.2, 0) is 11.3 Å². The highest BCUT2D eigenvalue weighted by Gasteiger charge is 2.01. The van der Waals surface area contributed by atoms with Crippen LogP contribution in [0.3, 0.4) is 0 Å². The smallest absolute Gasteiger partial charge is 0.234 e. The summed E-state index contributed by atoms with van der Waals surface area (Å²) in [6.07, 6.45) is 0. The Hall–Kier alpha value is -1.59. The van der Waals surface area contributed by atoms with Crippen molar-refractivity contribution in [3.63, 3.8) is 0 Å². The van der Waals surface area contributed by atoms with Gasteiger partial charge < -0.3 is 20.3 Å². The van der Waals surface area contributed by atoms with Crippen molar-refractivity contribution in [1.29, 1.82) is 0 Å². The van der Waals surface area contributed by atoms with E-state index in [-0.39, 0.29) is 5.91 Å². The van der Waals surface area contributed by atoms with Gasteiger partial charge in [-0.25, -0.2) is 0 Å². The van der Waals surface area contributed by atoms with Gasteiger partial charge in [-0.1, -0.05) is 26.0 Å². The lowest BCUT2D eigenvalue weighted by Crippen LogP contribution is -2.31. The van der Waals surface area contributed by atoms with Crippen LogP contribution in [-0.4, -0.2) is 50.6 Å². The second kappa shape index (κ2) is 10.2. The summed E-state index contributed by atoms with van der Waals surface area (Å²) in [5.74, 6) is 0.865. The zero-order valence-electron chi connectivity index (χ0n) is 13.3. The molecule has 1 rings (SSSR count). The van der Waals surface area contributed by atoms with Crippen molar-refractivity contribution in [2.75, 3.05) is 39.8 Å². The fourth-order valence-corrected chi connectivity index (χ4v) is 1.96. The number of amides is 1. The third-order valence-electron chi connectivity index (χ3n) is 3.32. The molecule has 0 saturated carbocycles. The van der Waals surface area contributed by atoms with Crippen LogP contribution in [0, 0.1) is 0 Å². The van der Waals surface area contributed by atoms with Crippen molar-refractivity contribution >= 4 is 5.91 Å². The van der Waals surface area contributed by atoms with Crippen molar-refractivity contribution < 1.29 is 9.53 Å². The van der Waals surface area contributed by atoms with Crippen LogP contribution in [0.4, 0.5) is 0 Å². The summed E-state index contributed by atoms with van der Waals surface area (Å²) in [6.45, 7) is 8.92. The molecule has 0 unspecified atom stereocenters. The number of carbonyl (C=O) groups is 1. The van der Waals surface area contributed by atoms with E-state index in [1.54, 1.807) is 7.05 Å². The van der Waals surface area contributed by atoms with Gasteiger partial charge in [-0.15, -0.1) is 0 Å². The zero-order chi connectivity index (χ0) is 15.5. The molecule has 0 bridgehead atoms. The number of carbonyl (C=O) groups excluding carboxylic acids is 1. The van der Waals surface area contributed by atoms with Gasteiger partial charge in [0, 0.05) is 13.1 Å². The van der Waals surface area contributed by atoms with Gasteiger partial charge in [0.2, 0.25) is 5.91 Å². The first-order valence-corrected chi connectivity index (χ1v) is 7.55. The van der Waals surface area contributed by atoms with Crippen molar-refractivity contribution in [2.24, 2.45) is 0 Å². The molecule has 0 saturated heterocycles. The second-order valence-corrected chi connectivity index (χ2v) is 4.83. The van der Waals surface area contributed by atoms with Crippen LogP contribution in [0.2, 0.25) is 0 Å². The summed E-state index contributed by atoms with van der Waals surface area (Å²) in [6, 6.07) is 7.85. The van der Waals surface area contributed by atoms with Gasteiger partial charge in [-0.2, -0.15) is 0 Å². The second-order valence-electron chi connectivity index (χ2n) is 4.83. The van der Waals surface area contributed by atoms with Crippen LogP contribution in [0.25, 0.3) is 0 Å². The average molecular weight is 293 g/mol. The largest absolute Gasteiger partial charge is 0.492 e. The Kier molecular flexibility index (Phi) is 8.47. The lowest BCUT2D eigenvalue weighted by Gasteiger charge is -2.18. The van der Waals surface area contributed by atoms with E-state index in [1.807, 2.05) is 24.3 Å². The Labute approximate surface area is 127 Å². The van der Waals surface area contributed by atoms with Gasteiger partial charge in [-0.05, 0) is 37.8 Å². The topological polar surface area (TPSA) is 53.6 Å². The Morgan fingerprint density at radius 2 is 1.86 bits per heavy atom. The maximum atomic E-state index is 11.3. The van der Waals surface area contributed by atoms with E-state index in [0.29, 0.717) is 19.7 Å². The van der Waals surface area contributed by atoms with Crippen LogP contribution in [0.5, 0.6) is 5.75 Å². The minimum absolute atomic E-state index is 0.00273. The first kappa shape index (κ1) is 17.5. The highest BCUT2D eigenvalue weighted by Crippen LogP contribution is 2.12. The van der Waals surface area contributed by atoms with E-state index in [1.165, 1.54) is 0 Å². The molecule has 0 aliphatic heterocycles.